The van der Waals surface area contributed by atoms with Gasteiger partial charge in [0.1, 0.15) is 0 Å². The third-order valence-electron chi connectivity index (χ3n) is 3.78. The lowest BCUT2D eigenvalue weighted by atomic mass is 9.93. The average molecular weight is 267 g/mol. The largest absolute Gasteiger partial charge is 0.493 e. The first-order chi connectivity index (χ1) is 9.17. The normalized spacial score (nSPS) is 24.6. The van der Waals surface area contributed by atoms with Crippen LogP contribution in [0.1, 0.15) is 38.4 Å². The van der Waals surface area contributed by atoms with E-state index in [1.807, 2.05) is 11.7 Å². The first-order valence-corrected chi connectivity index (χ1v) is 7.08. The number of aryl methyl sites for hydroxylation is 1. The summed E-state index contributed by atoms with van der Waals surface area (Å²) in [6.07, 6.45) is 4.32. The van der Waals surface area contributed by atoms with Gasteiger partial charge in [0, 0.05) is 13.0 Å². The van der Waals surface area contributed by atoms with Crippen molar-refractivity contribution in [3.8, 4) is 5.75 Å². The van der Waals surface area contributed by atoms with Crippen molar-refractivity contribution in [2.45, 2.75) is 38.8 Å². The number of ether oxygens (including phenoxy) is 2. The van der Waals surface area contributed by atoms with Crippen LogP contribution in [-0.4, -0.2) is 36.1 Å². The number of methoxy groups -OCH3 is 1. The van der Waals surface area contributed by atoms with Crippen molar-refractivity contribution >= 4 is 0 Å². The van der Waals surface area contributed by atoms with E-state index in [-0.39, 0.29) is 6.04 Å². The smallest absolute Gasteiger partial charge is 0.161 e. The number of nitrogens with one attached hydrogen (secondary N) is 1. The van der Waals surface area contributed by atoms with Crippen LogP contribution in [-0.2, 0) is 11.8 Å². The maximum atomic E-state index is 5.73. The van der Waals surface area contributed by atoms with Gasteiger partial charge in [-0.2, -0.15) is 5.10 Å². The maximum Gasteiger partial charge on any atom is 0.161 e. The highest BCUT2D eigenvalue weighted by Gasteiger charge is 2.33. The van der Waals surface area contributed by atoms with Crippen LogP contribution in [0, 0.1) is 5.92 Å². The second-order valence-electron chi connectivity index (χ2n) is 5.29. The van der Waals surface area contributed by atoms with Crippen LogP contribution in [0.15, 0.2) is 6.20 Å². The lowest BCUT2D eigenvalue weighted by molar-refractivity contribution is 0.116. The Morgan fingerprint density at radius 3 is 3.00 bits per heavy atom. The molecular weight excluding hydrogens is 242 g/mol. The summed E-state index contributed by atoms with van der Waals surface area (Å²) in [4.78, 5) is 0. The van der Waals surface area contributed by atoms with Crippen LogP contribution in [0.4, 0.5) is 0 Å². The first kappa shape index (κ1) is 14.3. The van der Waals surface area contributed by atoms with E-state index in [2.05, 4.69) is 24.3 Å². The highest BCUT2D eigenvalue weighted by Crippen LogP contribution is 2.35. The molecule has 3 atom stereocenters. The lowest BCUT2D eigenvalue weighted by Gasteiger charge is -2.25. The quantitative estimate of drug-likeness (QED) is 0.855. The van der Waals surface area contributed by atoms with Gasteiger partial charge in [-0.05, 0) is 26.3 Å². The van der Waals surface area contributed by atoms with Crippen molar-refractivity contribution in [3.05, 3.63) is 11.9 Å². The fourth-order valence-electron chi connectivity index (χ4n) is 2.81. The molecule has 0 saturated carbocycles. The Bertz CT molecular complexity index is 405. The zero-order valence-electron chi connectivity index (χ0n) is 12.3. The van der Waals surface area contributed by atoms with Crippen LogP contribution in [0.25, 0.3) is 0 Å². The van der Waals surface area contributed by atoms with Gasteiger partial charge in [0.2, 0.25) is 0 Å². The molecule has 108 valence electrons. The predicted octanol–water partition coefficient (Wildman–Crippen LogP) is 1.89. The fraction of sp³-hybridized carbons (Fsp3) is 0.786. The Hall–Kier alpha value is -1.07. The molecule has 1 N–H and O–H groups in total. The van der Waals surface area contributed by atoms with Gasteiger partial charge in [0.25, 0.3) is 0 Å². The molecule has 2 rings (SSSR count). The van der Waals surface area contributed by atoms with Crippen molar-refractivity contribution in [2.75, 3.05) is 20.3 Å². The van der Waals surface area contributed by atoms with E-state index < -0.39 is 0 Å². The van der Waals surface area contributed by atoms with Gasteiger partial charge in [-0.15, -0.1) is 0 Å². The molecular formula is C14H25N3O2. The SMILES string of the molecule is CCCNC(c1c(OC)cnn1C)C1COC(C)C1. The molecule has 1 aliphatic heterocycles. The molecule has 1 aromatic rings. The topological polar surface area (TPSA) is 48.3 Å². The molecule has 2 heterocycles. The molecule has 0 bridgehead atoms. The Kier molecular flexibility index (Phi) is 4.82. The molecule has 5 heteroatoms. The first-order valence-electron chi connectivity index (χ1n) is 7.08. The highest BCUT2D eigenvalue weighted by atomic mass is 16.5. The molecule has 0 aliphatic carbocycles. The van der Waals surface area contributed by atoms with Crippen LogP contribution in [0.2, 0.25) is 0 Å². The van der Waals surface area contributed by atoms with E-state index in [1.165, 1.54) is 0 Å². The summed E-state index contributed by atoms with van der Waals surface area (Å²) >= 11 is 0. The Labute approximate surface area is 115 Å². The van der Waals surface area contributed by atoms with E-state index in [0.717, 1.165) is 37.4 Å². The Morgan fingerprint density at radius 2 is 2.42 bits per heavy atom. The number of hydrogen-bond acceptors (Lipinski definition) is 4. The van der Waals surface area contributed by atoms with Crippen LogP contribution in [0.5, 0.6) is 5.75 Å². The summed E-state index contributed by atoms with van der Waals surface area (Å²) < 4.78 is 13.1. The molecule has 0 amide bonds. The van der Waals surface area contributed by atoms with Crippen molar-refractivity contribution in [3.63, 3.8) is 0 Å². The van der Waals surface area contributed by atoms with Gasteiger partial charge < -0.3 is 14.8 Å². The van der Waals surface area contributed by atoms with E-state index in [4.69, 9.17) is 9.47 Å². The zero-order valence-corrected chi connectivity index (χ0v) is 12.3. The molecule has 1 aliphatic rings. The Morgan fingerprint density at radius 1 is 1.63 bits per heavy atom. The third-order valence-corrected chi connectivity index (χ3v) is 3.78. The minimum atomic E-state index is 0.243. The molecule has 3 unspecified atom stereocenters. The van der Waals surface area contributed by atoms with Crippen molar-refractivity contribution in [1.29, 1.82) is 0 Å². The zero-order chi connectivity index (χ0) is 13.8. The van der Waals surface area contributed by atoms with E-state index in [0.29, 0.717) is 12.0 Å². The monoisotopic (exact) mass is 267 g/mol. The van der Waals surface area contributed by atoms with Crippen LogP contribution < -0.4 is 10.1 Å². The molecule has 0 spiro atoms. The van der Waals surface area contributed by atoms with Crippen LogP contribution in [0.3, 0.4) is 0 Å². The van der Waals surface area contributed by atoms with Gasteiger partial charge in [-0.3, -0.25) is 4.68 Å². The number of aromatic nitrogens is 2. The maximum absolute atomic E-state index is 5.73. The van der Waals surface area contributed by atoms with E-state index in [9.17, 15) is 0 Å². The van der Waals surface area contributed by atoms with Gasteiger partial charge in [0.05, 0.1) is 37.8 Å². The minimum absolute atomic E-state index is 0.243. The second kappa shape index (κ2) is 6.39. The van der Waals surface area contributed by atoms with Crippen molar-refractivity contribution in [1.82, 2.24) is 15.1 Å². The molecule has 1 fully saturated rings. The van der Waals surface area contributed by atoms with Gasteiger partial charge in [0.15, 0.2) is 5.75 Å². The summed E-state index contributed by atoms with van der Waals surface area (Å²) in [6.45, 7) is 6.11. The number of hydrogen-bond donors (Lipinski definition) is 1. The summed E-state index contributed by atoms with van der Waals surface area (Å²) in [7, 11) is 3.67. The summed E-state index contributed by atoms with van der Waals surface area (Å²) in [5.74, 6) is 1.33. The lowest BCUT2D eigenvalue weighted by Crippen LogP contribution is -2.31. The van der Waals surface area contributed by atoms with E-state index >= 15 is 0 Å². The second-order valence-corrected chi connectivity index (χ2v) is 5.29. The molecule has 19 heavy (non-hydrogen) atoms. The third kappa shape index (κ3) is 3.09. The summed E-state index contributed by atoms with van der Waals surface area (Å²) in [5.41, 5.74) is 1.12. The highest BCUT2D eigenvalue weighted by molar-refractivity contribution is 5.29. The standard InChI is InChI=1S/C14H25N3O2/c1-5-6-15-13(11-7-10(2)19-9-11)14-12(18-4)8-16-17(14)3/h8,10-11,13,15H,5-7,9H2,1-4H3. The fourth-order valence-corrected chi connectivity index (χ4v) is 2.81. The minimum Gasteiger partial charge on any atom is -0.493 e. The van der Waals surface area contributed by atoms with Crippen molar-refractivity contribution < 1.29 is 9.47 Å². The number of rotatable bonds is 6. The summed E-state index contributed by atoms with van der Waals surface area (Å²) in [5, 5.41) is 7.95. The average Bonchev–Trinajstić information content (AvgIpc) is 2.98. The van der Waals surface area contributed by atoms with Gasteiger partial charge in [-0.25, -0.2) is 0 Å². The van der Waals surface area contributed by atoms with E-state index in [1.54, 1.807) is 13.3 Å². The molecule has 0 radical (unpaired) electrons. The van der Waals surface area contributed by atoms with Gasteiger partial charge >= 0.3 is 0 Å². The molecule has 5 nitrogen and oxygen atoms in total. The predicted molar refractivity (Wildman–Crippen MR) is 74.3 cm³/mol. The molecule has 1 aromatic heterocycles. The van der Waals surface area contributed by atoms with Crippen molar-refractivity contribution in [2.24, 2.45) is 13.0 Å². The molecule has 0 aromatic carbocycles. The van der Waals surface area contributed by atoms with Crippen LogP contribution >= 0.6 is 0 Å². The molecule has 1 saturated heterocycles. The van der Waals surface area contributed by atoms with Gasteiger partial charge in [-0.1, -0.05) is 6.92 Å². The Balaban J connectivity index is 2.23. The number of nitrogens with zero attached hydrogens (tertiary/aromatic N) is 2. The summed E-state index contributed by atoms with van der Waals surface area (Å²) in [6, 6.07) is 0.243.